The summed E-state index contributed by atoms with van der Waals surface area (Å²) in [5.41, 5.74) is 0.168. The summed E-state index contributed by atoms with van der Waals surface area (Å²) < 4.78 is 10.2. The number of methoxy groups -OCH3 is 2. The van der Waals surface area contributed by atoms with Crippen molar-refractivity contribution in [1.29, 1.82) is 0 Å². The van der Waals surface area contributed by atoms with Crippen molar-refractivity contribution < 1.29 is 14.6 Å². The number of aromatic hydroxyl groups is 1. The zero-order valence-corrected chi connectivity index (χ0v) is 9.40. The van der Waals surface area contributed by atoms with E-state index in [9.17, 15) is 9.90 Å². The van der Waals surface area contributed by atoms with E-state index in [0.29, 0.717) is 17.1 Å². The van der Waals surface area contributed by atoms with Crippen LogP contribution < -0.4 is 15.0 Å². The van der Waals surface area contributed by atoms with Gasteiger partial charge in [0.15, 0.2) is 0 Å². The lowest BCUT2D eigenvalue weighted by molar-refractivity contribution is 0.404. The lowest BCUT2D eigenvalue weighted by Crippen LogP contribution is -2.02. The molecule has 2 rings (SSSR count). The largest absolute Gasteiger partial charge is 0.497 e. The molecule has 0 aliphatic heterocycles. The van der Waals surface area contributed by atoms with Crippen LogP contribution in [0.15, 0.2) is 23.0 Å². The number of H-pyrrole nitrogens is 2. The molecule has 2 aromatic rings. The first-order valence-electron chi connectivity index (χ1n) is 4.89. The molecular weight excluding hydrogens is 224 g/mol. The van der Waals surface area contributed by atoms with Crippen LogP contribution in [0.4, 0.5) is 0 Å². The third-order valence-corrected chi connectivity index (χ3v) is 2.43. The normalized spacial score (nSPS) is 10.2. The van der Waals surface area contributed by atoms with Gasteiger partial charge in [0, 0.05) is 5.56 Å². The van der Waals surface area contributed by atoms with Crippen LogP contribution in [0.5, 0.6) is 17.4 Å². The molecule has 0 radical (unpaired) electrons. The molecule has 0 fully saturated rings. The number of aromatic amines is 2. The molecule has 0 saturated carbocycles. The monoisotopic (exact) mass is 236 g/mol. The van der Waals surface area contributed by atoms with Crippen LogP contribution in [0.2, 0.25) is 0 Å². The maximum atomic E-state index is 11.6. The Labute approximate surface area is 96.8 Å². The Kier molecular flexibility index (Phi) is 2.78. The molecule has 0 bridgehead atoms. The van der Waals surface area contributed by atoms with Crippen molar-refractivity contribution in [1.82, 2.24) is 10.2 Å². The predicted octanol–water partition coefficient (Wildman–Crippen LogP) is 1.09. The van der Waals surface area contributed by atoms with Crippen molar-refractivity contribution in [2.75, 3.05) is 14.2 Å². The first-order valence-corrected chi connectivity index (χ1v) is 4.89. The highest BCUT2D eigenvalue weighted by atomic mass is 16.5. The number of hydrogen-bond donors (Lipinski definition) is 3. The lowest BCUT2D eigenvalue weighted by Gasteiger charge is -2.08. The summed E-state index contributed by atoms with van der Waals surface area (Å²) in [6.07, 6.45) is 0. The standard InChI is InChI=1S/C11H12N2O4/c1-16-6-3-4-8(17-2)7(5-6)9-10(14)12-13-11(9)15/h3-5H,1-2H3,(H3,12,13,14,15). The molecule has 1 aromatic heterocycles. The Hall–Kier alpha value is -2.37. The van der Waals surface area contributed by atoms with Crippen LogP contribution in [-0.2, 0) is 0 Å². The average molecular weight is 236 g/mol. The number of rotatable bonds is 3. The molecule has 6 heteroatoms. The topological polar surface area (TPSA) is 87.3 Å². The maximum absolute atomic E-state index is 11.6. The summed E-state index contributed by atoms with van der Waals surface area (Å²) in [5.74, 6) is 0.813. The summed E-state index contributed by atoms with van der Waals surface area (Å²) >= 11 is 0. The van der Waals surface area contributed by atoms with Crippen LogP contribution in [0, 0.1) is 0 Å². The van der Waals surface area contributed by atoms with Gasteiger partial charge in [-0.15, -0.1) is 0 Å². The molecule has 0 aliphatic rings. The van der Waals surface area contributed by atoms with Gasteiger partial charge >= 0.3 is 0 Å². The fourth-order valence-electron chi connectivity index (χ4n) is 1.61. The molecule has 1 aromatic carbocycles. The van der Waals surface area contributed by atoms with Crippen molar-refractivity contribution in [2.24, 2.45) is 0 Å². The van der Waals surface area contributed by atoms with E-state index < -0.39 is 5.56 Å². The highest BCUT2D eigenvalue weighted by Crippen LogP contribution is 2.34. The number of benzene rings is 1. The third kappa shape index (κ3) is 1.84. The van der Waals surface area contributed by atoms with Crippen molar-refractivity contribution in [3.8, 4) is 28.5 Å². The number of ether oxygens (including phenoxy) is 2. The van der Waals surface area contributed by atoms with Crippen molar-refractivity contribution in [2.45, 2.75) is 0 Å². The fraction of sp³-hybridized carbons (Fsp3) is 0.182. The SMILES string of the molecule is COc1ccc(OC)c(-c2c(O)[nH][nH]c2=O)c1. The molecule has 90 valence electrons. The Morgan fingerprint density at radius 2 is 1.94 bits per heavy atom. The van der Waals surface area contributed by atoms with Gasteiger partial charge < -0.3 is 14.6 Å². The highest BCUT2D eigenvalue weighted by molar-refractivity contribution is 5.74. The lowest BCUT2D eigenvalue weighted by atomic mass is 10.1. The molecule has 3 N–H and O–H groups in total. The molecule has 0 atom stereocenters. The molecule has 0 aliphatic carbocycles. The number of hydrogen-bond acceptors (Lipinski definition) is 4. The predicted molar refractivity (Wildman–Crippen MR) is 61.6 cm³/mol. The minimum Gasteiger partial charge on any atom is -0.497 e. The van der Waals surface area contributed by atoms with Crippen LogP contribution in [0.3, 0.4) is 0 Å². The minimum atomic E-state index is -0.422. The second-order valence-electron chi connectivity index (χ2n) is 3.37. The van der Waals surface area contributed by atoms with Crippen LogP contribution in [-0.4, -0.2) is 29.5 Å². The van der Waals surface area contributed by atoms with E-state index in [-0.39, 0.29) is 11.4 Å². The van der Waals surface area contributed by atoms with Crippen molar-refractivity contribution in [3.63, 3.8) is 0 Å². The molecule has 17 heavy (non-hydrogen) atoms. The smallest absolute Gasteiger partial charge is 0.275 e. The Balaban J connectivity index is 2.68. The molecule has 0 amide bonds. The Morgan fingerprint density at radius 3 is 2.47 bits per heavy atom. The number of nitrogens with one attached hydrogen (secondary N) is 2. The zero-order chi connectivity index (χ0) is 12.4. The summed E-state index contributed by atoms with van der Waals surface area (Å²) in [7, 11) is 3.01. The summed E-state index contributed by atoms with van der Waals surface area (Å²) in [6, 6.07) is 5.00. The average Bonchev–Trinajstić information content (AvgIpc) is 2.68. The van der Waals surface area contributed by atoms with Gasteiger partial charge in [0.05, 0.1) is 14.2 Å². The Morgan fingerprint density at radius 1 is 1.18 bits per heavy atom. The Bertz CT molecular complexity index is 585. The van der Waals surface area contributed by atoms with Gasteiger partial charge in [-0.2, -0.15) is 0 Å². The van der Waals surface area contributed by atoms with Crippen molar-refractivity contribution in [3.05, 3.63) is 28.6 Å². The third-order valence-electron chi connectivity index (χ3n) is 2.43. The van der Waals surface area contributed by atoms with Gasteiger partial charge in [0.1, 0.15) is 17.1 Å². The molecule has 0 unspecified atom stereocenters. The van der Waals surface area contributed by atoms with Crippen LogP contribution in [0.1, 0.15) is 0 Å². The first kappa shape index (κ1) is 11.1. The highest BCUT2D eigenvalue weighted by Gasteiger charge is 2.16. The second kappa shape index (κ2) is 4.25. The van der Waals surface area contributed by atoms with E-state index in [1.807, 2.05) is 0 Å². The van der Waals surface area contributed by atoms with E-state index in [4.69, 9.17) is 9.47 Å². The van der Waals surface area contributed by atoms with Crippen LogP contribution >= 0.6 is 0 Å². The van der Waals surface area contributed by atoms with E-state index in [1.165, 1.54) is 14.2 Å². The van der Waals surface area contributed by atoms with Gasteiger partial charge in [-0.25, -0.2) is 0 Å². The van der Waals surface area contributed by atoms with Gasteiger partial charge in [-0.05, 0) is 18.2 Å². The summed E-state index contributed by atoms with van der Waals surface area (Å²) in [5, 5.41) is 14.2. The minimum absolute atomic E-state index is 0.126. The summed E-state index contributed by atoms with van der Waals surface area (Å²) in [6.45, 7) is 0. The maximum Gasteiger partial charge on any atom is 0.275 e. The fourth-order valence-corrected chi connectivity index (χ4v) is 1.61. The van der Waals surface area contributed by atoms with Crippen molar-refractivity contribution >= 4 is 0 Å². The first-order chi connectivity index (χ1) is 8.17. The van der Waals surface area contributed by atoms with Gasteiger partial charge in [0.25, 0.3) is 5.56 Å². The molecule has 6 nitrogen and oxygen atoms in total. The second-order valence-corrected chi connectivity index (χ2v) is 3.37. The van der Waals surface area contributed by atoms with Gasteiger partial charge in [-0.1, -0.05) is 0 Å². The van der Waals surface area contributed by atoms with Gasteiger partial charge in [-0.3, -0.25) is 15.0 Å². The molecule has 1 heterocycles. The van der Waals surface area contributed by atoms with E-state index in [1.54, 1.807) is 18.2 Å². The zero-order valence-electron chi connectivity index (χ0n) is 9.40. The van der Waals surface area contributed by atoms with E-state index in [2.05, 4.69) is 10.2 Å². The number of aromatic nitrogens is 2. The van der Waals surface area contributed by atoms with E-state index in [0.717, 1.165) is 0 Å². The van der Waals surface area contributed by atoms with Crippen LogP contribution in [0.25, 0.3) is 11.1 Å². The molecule has 0 saturated heterocycles. The van der Waals surface area contributed by atoms with Gasteiger partial charge in [0.2, 0.25) is 5.88 Å². The molecule has 0 spiro atoms. The quantitative estimate of drug-likeness (QED) is 0.744. The molecular formula is C11H12N2O4. The summed E-state index contributed by atoms with van der Waals surface area (Å²) in [4.78, 5) is 11.6. The van der Waals surface area contributed by atoms with E-state index >= 15 is 0 Å².